The number of nitrogens with one attached hydrogen (secondary N) is 2. The second kappa shape index (κ2) is 10.6. The Balaban J connectivity index is 1.74. The van der Waals surface area contributed by atoms with Crippen LogP contribution in [-0.4, -0.2) is 56.8 Å². The molecule has 130 valence electrons. The molecule has 0 atom stereocenters. The van der Waals surface area contributed by atoms with E-state index in [1.807, 2.05) is 24.3 Å². The number of hydrogen-bond acceptors (Lipinski definition) is 4. The van der Waals surface area contributed by atoms with E-state index >= 15 is 0 Å². The number of rotatable bonds is 7. The van der Waals surface area contributed by atoms with Gasteiger partial charge in [0.25, 0.3) is 0 Å². The van der Waals surface area contributed by atoms with Crippen LogP contribution in [0.2, 0.25) is 0 Å². The van der Waals surface area contributed by atoms with Gasteiger partial charge >= 0.3 is 0 Å². The van der Waals surface area contributed by atoms with Crippen LogP contribution >= 0.6 is 0 Å². The van der Waals surface area contributed by atoms with Gasteiger partial charge in [0, 0.05) is 26.2 Å². The third kappa shape index (κ3) is 6.57. The molecule has 0 saturated carbocycles. The SMILES string of the molecule is CCNC(=NCc1ccc(C#N)cc1)NCCCN1CCOCC1. The highest BCUT2D eigenvalue weighted by Gasteiger charge is 2.09. The molecule has 1 fully saturated rings. The monoisotopic (exact) mass is 329 g/mol. The Morgan fingerprint density at radius 3 is 2.67 bits per heavy atom. The quantitative estimate of drug-likeness (QED) is 0.449. The second-order valence-electron chi connectivity index (χ2n) is 5.74. The minimum atomic E-state index is 0.602. The lowest BCUT2D eigenvalue weighted by atomic mass is 10.1. The van der Waals surface area contributed by atoms with E-state index in [-0.39, 0.29) is 0 Å². The predicted octanol–water partition coefficient (Wildman–Crippen LogP) is 1.34. The highest BCUT2D eigenvalue weighted by molar-refractivity contribution is 5.79. The molecule has 0 aromatic heterocycles. The lowest BCUT2D eigenvalue weighted by Gasteiger charge is -2.26. The third-order valence-electron chi connectivity index (χ3n) is 3.89. The number of nitriles is 1. The average molecular weight is 329 g/mol. The Morgan fingerprint density at radius 1 is 1.25 bits per heavy atom. The number of aliphatic imine (C=N–C) groups is 1. The van der Waals surface area contributed by atoms with Gasteiger partial charge in [-0.15, -0.1) is 0 Å². The Morgan fingerprint density at radius 2 is 2.00 bits per heavy atom. The largest absolute Gasteiger partial charge is 0.379 e. The first-order valence-corrected chi connectivity index (χ1v) is 8.63. The van der Waals surface area contributed by atoms with Crippen LogP contribution in [0.3, 0.4) is 0 Å². The van der Waals surface area contributed by atoms with E-state index < -0.39 is 0 Å². The first-order valence-electron chi connectivity index (χ1n) is 8.63. The maximum atomic E-state index is 8.82. The van der Waals surface area contributed by atoms with Gasteiger partial charge in [0.15, 0.2) is 5.96 Å². The lowest BCUT2D eigenvalue weighted by Crippen LogP contribution is -2.40. The fourth-order valence-electron chi connectivity index (χ4n) is 2.53. The molecule has 2 rings (SSSR count). The fraction of sp³-hybridized carbons (Fsp3) is 0.556. The molecule has 1 aromatic carbocycles. The Hall–Kier alpha value is -2.10. The summed E-state index contributed by atoms with van der Waals surface area (Å²) >= 11 is 0. The molecule has 0 spiro atoms. The zero-order valence-electron chi connectivity index (χ0n) is 14.4. The zero-order chi connectivity index (χ0) is 17.0. The van der Waals surface area contributed by atoms with Crippen molar-refractivity contribution in [1.82, 2.24) is 15.5 Å². The first-order chi connectivity index (χ1) is 11.8. The molecule has 1 aromatic rings. The molecule has 6 heteroatoms. The molecule has 6 nitrogen and oxygen atoms in total. The van der Waals surface area contributed by atoms with Gasteiger partial charge in [-0.1, -0.05) is 12.1 Å². The van der Waals surface area contributed by atoms with Gasteiger partial charge in [-0.2, -0.15) is 5.26 Å². The molecule has 1 heterocycles. The Kier molecular flexibility index (Phi) is 8.08. The highest BCUT2D eigenvalue weighted by atomic mass is 16.5. The first kappa shape index (κ1) is 18.2. The molecule has 2 N–H and O–H groups in total. The standard InChI is InChI=1S/C18H27N5O/c1-2-20-18(21-8-3-9-23-10-12-24-13-11-23)22-15-17-6-4-16(14-19)5-7-17/h4-7H,2-3,8-13,15H2,1H3,(H2,20,21,22). The predicted molar refractivity (Wildman–Crippen MR) is 95.9 cm³/mol. The van der Waals surface area contributed by atoms with E-state index in [1.165, 1.54) is 0 Å². The third-order valence-corrected chi connectivity index (χ3v) is 3.89. The number of guanidine groups is 1. The highest BCUT2D eigenvalue weighted by Crippen LogP contribution is 2.04. The molecule has 0 radical (unpaired) electrons. The number of morpholine rings is 1. The van der Waals surface area contributed by atoms with Crippen molar-refractivity contribution in [2.24, 2.45) is 4.99 Å². The number of ether oxygens (including phenoxy) is 1. The number of nitrogens with zero attached hydrogens (tertiary/aromatic N) is 3. The maximum Gasteiger partial charge on any atom is 0.191 e. The molecule has 24 heavy (non-hydrogen) atoms. The normalized spacial score (nSPS) is 15.8. The molecule has 1 aliphatic heterocycles. The van der Waals surface area contributed by atoms with Crippen LogP contribution in [0.5, 0.6) is 0 Å². The van der Waals surface area contributed by atoms with Crippen LogP contribution in [-0.2, 0) is 11.3 Å². The summed E-state index contributed by atoms with van der Waals surface area (Å²) in [5.74, 6) is 0.837. The summed E-state index contributed by atoms with van der Waals surface area (Å²) in [5, 5.41) is 15.5. The molecular weight excluding hydrogens is 302 g/mol. The molecule has 1 aliphatic rings. The van der Waals surface area contributed by atoms with Crippen molar-refractivity contribution >= 4 is 5.96 Å². The smallest absolute Gasteiger partial charge is 0.191 e. The summed E-state index contributed by atoms with van der Waals surface area (Å²) < 4.78 is 5.36. The van der Waals surface area contributed by atoms with Crippen LogP contribution in [0.4, 0.5) is 0 Å². The number of hydrogen-bond donors (Lipinski definition) is 2. The summed E-state index contributed by atoms with van der Waals surface area (Å²) in [6, 6.07) is 9.68. The summed E-state index contributed by atoms with van der Waals surface area (Å²) in [7, 11) is 0. The molecule has 0 unspecified atom stereocenters. The molecule has 0 aliphatic carbocycles. The van der Waals surface area contributed by atoms with E-state index in [0.717, 1.165) is 63.9 Å². The maximum absolute atomic E-state index is 8.82. The van der Waals surface area contributed by atoms with E-state index in [0.29, 0.717) is 12.1 Å². The van der Waals surface area contributed by atoms with Gasteiger partial charge < -0.3 is 15.4 Å². The van der Waals surface area contributed by atoms with Gasteiger partial charge in [-0.3, -0.25) is 4.90 Å². The Labute approximate surface area is 144 Å². The van der Waals surface area contributed by atoms with E-state index in [4.69, 9.17) is 10.00 Å². The van der Waals surface area contributed by atoms with Gasteiger partial charge in [0.05, 0.1) is 31.4 Å². The van der Waals surface area contributed by atoms with Crippen LogP contribution in [0.25, 0.3) is 0 Å². The van der Waals surface area contributed by atoms with Crippen molar-refractivity contribution in [3.63, 3.8) is 0 Å². The average Bonchev–Trinajstić information content (AvgIpc) is 2.64. The summed E-state index contributed by atoms with van der Waals surface area (Å²) in [6.45, 7) is 9.26. The molecular formula is C18H27N5O. The van der Waals surface area contributed by atoms with Gasteiger partial charge in [-0.05, 0) is 37.6 Å². The second-order valence-corrected chi connectivity index (χ2v) is 5.74. The van der Waals surface area contributed by atoms with Crippen molar-refractivity contribution in [2.75, 3.05) is 45.9 Å². The van der Waals surface area contributed by atoms with Gasteiger partial charge in [0.1, 0.15) is 0 Å². The van der Waals surface area contributed by atoms with Crippen molar-refractivity contribution in [3.8, 4) is 6.07 Å². The van der Waals surface area contributed by atoms with Gasteiger partial charge in [0.2, 0.25) is 0 Å². The molecule has 1 saturated heterocycles. The van der Waals surface area contributed by atoms with Crippen LogP contribution in [0.1, 0.15) is 24.5 Å². The Bertz CT molecular complexity index is 544. The van der Waals surface area contributed by atoms with Crippen LogP contribution in [0, 0.1) is 11.3 Å². The summed E-state index contributed by atoms with van der Waals surface area (Å²) in [5.41, 5.74) is 1.77. The topological polar surface area (TPSA) is 72.7 Å². The van der Waals surface area contributed by atoms with E-state index in [1.54, 1.807) is 0 Å². The van der Waals surface area contributed by atoms with Crippen LogP contribution < -0.4 is 10.6 Å². The number of benzene rings is 1. The van der Waals surface area contributed by atoms with Crippen molar-refractivity contribution < 1.29 is 4.74 Å². The van der Waals surface area contributed by atoms with E-state index in [9.17, 15) is 0 Å². The van der Waals surface area contributed by atoms with Gasteiger partial charge in [-0.25, -0.2) is 4.99 Å². The molecule has 0 amide bonds. The lowest BCUT2D eigenvalue weighted by molar-refractivity contribution is 0.0376. The van der Waals surface area contributed by atoms with Crippen molar-refractivity contribution in [1.29, 1.82) is 5.26 Å². The fourth-order valence-corrected chi connectivity index (χ4v) is 2.53. The van der Waals surface area contributed by atoms with Crippen LogP contribution in [0.15, 0.2) is 29.3 Å². The zero-order valence-corrected chi connectivity index (χ0v) is 14.4. The van der Waals surface area contributed by atoms with Crippen molar-refractivity contribution in [2.45, 2.75) is 19.9 Å². The summed E-state index contributed by atoms with van der Waals surface area (Å²) in [4.78, 5) is 7.04. The summed E-state index contributed by atoms with van der Waals surface area (Å²) in [6.07, 6.45) is 1.08. The van der Waals surface area contributed by atoms with Crippen molar-refractivity contribution in [3.05, 3.63) is 35.4 Å². The minimum absolute atomic E-state index is 0.602. The van der Waals surface area contributed by atoms with E-state index in [2.05, 4.69) is 33.5 Å². The molecule has 0 bridgehead atoms. The minimum Gasteiger partial charge on any atom is -0.379 e.